The van der Waals surface area contributed by atoms with Crippen molar-refractivity contribution in [2.24, 2.45) is 0 Å². The number of nitrogens with zero attached hydrogens (tertiary/aromatic N) is 2. The van der Waals surface area contributed by atoms with Crippen LogP contribution in [0.3, 0.4) is 0 Å². The molecule has 0 atom stereocenters. The molecule has 0 fully saturated rings. The normalized spacial score (nSPS) is 11.1. The molecule has 0 saturated carbocycles. The van der Waals surface area contributed by atoms with Gasteiger partial charge in [0.1, 0.15) is 5.75 Å². The van der Waals surface area contributed by atoms with E-state index in [-0.39, 0.29) is 0 Å². The molecule has 0 aliphatic heterocycles. The molecule has 1 aromatic carbocycles. The summed E-state index contributed by atoms with van der Waals surface area (Å²) in [5.74, 6) is 1.31. The van der Waals surface area contributed by atoms with Crippen LogP contribution >= 0.6 is 11.3 Å². The molecule has 2 aromatic heterocycles. The average molecular weight is 354 g/mol. The van der Waals surface area contributed by atoms with Crippen LogP contribution in [0.5, 0.6) is 5.75 Å². The van der Waals surface area contributed by atoms with Crippen molar-refractivity contribution in [1.29, 1.82) is 0 Å². The Hall–Kier alpha value is -2.40. The Balaban J connectivity index is 2.05. The molecular formula is C20H22N2O2S. The summed E-state index contributed by atoms with van der Waals surface area (Å²) >= 11 is 1.53. The molecule has 0 amide bonds. The van der Waals surface area contributed by atoms with Crippen LogP contribution in [0.2, 0.25) is 0 Å². The fraction of sp³-hybridized carbons (Fsp3) is 0.300. The topological polar surface area (TPSA) is 44.1 Å². The van der Waals surface area contributed by atoms with Crippen LogP contribution in [0, 0.1) is 6.92 Å². The number of benzene rings is 1. The van der Waals surface area contributed by atoms with Crippen molar-refractivity contribution in [2.45, 2.75) is 33.6 Å². The lowest BCUT2D eigenvalue weighted by Crippen LogP contribution is -2.01. The summed E-state index contributed by atoms with van der Waals surface area (Å²) < 4.78 is 7.62. The van der Waals surface area contributed by atoms with Crippen molar-refractivity contribution in [3.63, 3.8) is 0 Å². The zero-order valence-corrected chi connectivity index (χ0v) is 15.8. The first-order valence-electron chi connectivity index (χ1n) is 8.41. The lowest BCUT2D eigenvalue weighted by molar-refractivity contribution is 0.111. The highest BCUT2D eigenvalue weighted by molar-refractivity contribution is 7.12. The molecule has 0 bridgehead atoms. The Morgan fingerprint density at radius 2 is 2.16 bits per heavy atom. The van der Waals surface area contributed by atoms with E-state index in [0.717, 1.165) is 34.0 Å². The molecule has 2 heterocycles. The van der Waals surface area contributed by atoms with Gasteiger partial charge in [-0.1, -0.05) is 13.8 Å². The first-order chi connectivity index (χ1) is 12.0. The smallest absolute Gasteiger partial charge is 0.194 e. The Morgan fingerprint density at radius 3 is 2.84 bits per heavy atom. The Morgan fingerprint density at radius 1 is 1.36 bits per heavy atom. The second kappa shape index (κ2) is 7.23. The molecule has 0 spiro atoms. The monoisotopic (exact) mass is 354 g/mol. The molecule has 3 rings (SSSR count). The second-order valence-electron chi connectivity index (χ2n) is 6.23. The Kier molecular flexibility index (Phi) is 5.04. The molecule has 0 aliphatic rings. The highest BCUT2D eigenvalue weighted by Crippen LogP contribution is 2.35. The van der Waals surface area contributed by atoms with Gasteiger partial charge in [-0.25, -0.2) is 4.98 Å². The third-order valence-electron chi connectivity index (χ3n) is 4.15. The van der Waals surface area contributed by atoms with E-state index in [9.17, 15) is 4.79 Å². The average Bonchev–Trinajstić information content (AvgIpc) is 3.23. The van der Waals surface area contributed by atoms with Gasteiger partial charge >= 0.3 is 0 Å². The number of ether oxygens (including phenoxy) is 1. The first kappa shape index (κ1) is 17.4. The van der Waals surface area contributed by atoms with Crippen LogP contribution in [0.4, 0.5) is 0 Å². The van der Waals surface area contributed by atoms with Gasteiger partial charge in [-0.15, -0.1) is 11.3 Å². The number of aryl methyl sites for hydroxylation is 1. The minimum Gasteiger partial charge on any atom is -0.494 e. The van der Waals surface area contributed by atoms with Crippen molar-refractivity contribution in [2.75, 3.05) is 6.61 Å². The summed E-state index contributed by atoms with van der Waals surface area (Å²) in [6.07, 6.45) is 2.71. The highest BCUT2D eigenvalue weighted by atomic mass is 32.1. The van der Waals surface area contributed by atoms with Gasteiger partial charge in [-0.05, 0) is 55.2 Å². The van der Waals surface area contributed by atoms with E-state index in [1.54, 1.807) is 6.07 Å². The van der Waals surface area contributed by atoms with E-state index in [2.05, 4.69) is 32.9 Å². The number of rotatable bonds is 6. The maximum absolute atomic E-state index is 11.2. The van der Waals surface area contributed by atoms with Gasteiger partial charge in [-0.3, -0.25) is 9.36 Å². The molecule has 0 aliphatic carbocycles. The van der Waals surface area contributed by atoms with Crippen LogP contribution < -0.4 is 4.74 Å². The molecule has 0 unspecified atom stereocenters. The maximum atomic E-state index is 11.2. The van der Waals surface area contributed by atoms with E-state index in [1.165, 1.54) is 16.9 Å². The first-order valence-corrected chi connectivity index (χ1v) is 9.29. The third kappa shape index (κ3) is 3.37. The van der Waals surface area contributed by atoms with E-state index >= 15 is 0 Å². The van der Waals surface area contributed by atoms with Crippen LogP contribution in [0.1, 0.15) is 48.3 Å². The number of hydrogen-bond donors (Lipinski definition) is 0. The molecule has 0 saturated heterocycles. The number of aldehydes is 1. The highest BCUT2D eigenvalue weighted by Gasteiger charge is 2.15. The van der Waals surface area contributed by atoms with Crippen molar-refractivity contribution in [3.05, 3.63) is 52.7 Å². The SMILES string of the molecule is CCOc1cc(C)c(-c2csc(-n3cccc3C=O)n2)cc1C(C)C. The zero-order valence-electron chi connectivity index (χ0n) is 14.9. The molecule has 25 heavy (non-hydrogen) atoms. The quantitative estimate of drug-likeness (QED) is 0.568. The lowest BCUT2D eigenvalue weighted by Gasteiger charge is -2.16. The van der Waals surface area contributed by atoms with E-state index < -0.39 is 0 Å². The number of thiazole rings is 1. The number of aromatic nitrogens is 2. The zero-order chi connectivity index (χ0) is 18.0. The second-order valence-corrected chi connectivity index (χ2v) is 7.07. The molecule has 3 aromatic rings. The van der Waals surface area contributed by atoms with Gasteiger partial charge in [0.25, 0.3) is 0 Å². The largest absolute Gasteiger partial charge is 0.494 e. The third-order valence-corrected chi connectivity index (χ3v) is 4.99. The van der Waals surface area contributed by atoms with Crippen molar-refractivity contribution >= 4 is 17.6 Å². The molecular weight excluding hydrogens is 332 g/mol. The van der Waals surface area contributed by atoms with Crippen molar-refractivity contribution < 1.29 is 9.53 Å². The van der Waals surface area contributed by atoms with Crippen molar-refractivity contribution in [3.8, 4) is 22.1 Å². The van der Waals surface area contributed by atoms with E-state index in [0.29, 0.717) is 18.2 Å². The van der Waals surface area contributed by atoms with Gasteiger partial charge in [0.2, 0.25) is 0 Å². The summed E-state index contributed by atoms with van der Waals surface area (Å²) in [4.78, 5) is 15.9. The van der Waals surface area contributed by atoms with Crippen LogP contribution in [0.15, 0.2) is 35.8 Å². The standard InChI is InChI=1S/C20H22N2O2S/c1-5-24-19-9-14(4)17(10-16(19)13(2)3)18-12-25-20(21-18)22-8-6-7-15(22)11-23/h6-13H,5H2,1-4H3. The fourth-order valence-corrected chi connectivity index (χ4v) is 3.70. The number of carbonyl (C=O) groups excluding carboxylic acids is 1. The molecule has 0 radical (unpaired) electrons. The predicted octanol–water partition coefficient (Wildman–Crippen LogP) is 5.24. The summed E-state index contributed by atoms with van der Waals surface area (Å²) in [5.41, 5.74) is 4.95. The van der Waals surface area contributed by atoms with Gasteiger partial charge in [0.05, 0.1) is 18.0 Å². The van der Waals surface area contributed by atoms with Crippen LogP contribution in [0.25, 0.3) is 16.4 Å². The minimum atomic E-state index is 0.366. The summed E-state index contributed by atoms with van der Waals surface area (Å²) in [6.45, 7) is 9.07. The summed E-state index contributed by atoms with van der Waals surface area (Å²) in [6, 6.07) is 7.91. The molecule has 4 nitrogen and oxygen atoms in total. The van der Waals surface area contributed by atoms with Crippen LogP contribution in [-0.2, 0) is 0 Å². The van der Waals surface area contributed by atoms with Gasteiger partial charge in [0, 0.05) is 17.1 Å². The number of carbonyl (C=O) groups is 1. The van der Waals surface area contributed by atoms with E-state index in [4.69, 9.17) is 9.72 Å². The van der Waals surface area contributed by atoms with Gasteiger partial charge < -0.3 is 4.74 Å². The predicted molar refractivity (Wildman–Crippen MR) is 102 cm³/mol. The van der Waals surface area contributed by atoms with Crippen LogP contribution in [-0.4, -0.2) is 22.4 Å². The molecule has 130 valence electrons. The molecule has 5 heteroatoms. The Labute approximate surface area is 152 Å². The van der Waals surface area contributed by atoms with Gasteiger partial charge in [0.15, 0.2) is 11.4 Å². The maximum Gasteiger partial charge on any atom is 0.194 e. The van der Waals surface area contributed by atoms with Gasteiger partial charge in [-0.2, -0.15) is 0 Å². The lowest BCUT2D eigenvalue weighted by atomic mass is 9.95. The summed E-state index contributed by atoms with van der Waals surface area (Å²) in [5, 5.41) is 2.83. The minimum absolute atomic E-state index is 0.366. The molecule has 0 N–H and O–H groups in total. The Bertz CT molecular complexity index is 893. The number of hydrogen-bond acceptors (Lipinski definition) is 4. The van der Waals surface area contributed by atoms with Crippen molar-refractivity contribution in [1.82, 2.24) is 9.55 Å². The fourth-order valence-electron chi connectivity index (χ4n) is 2.87. The van der Waals surface area contributed by atoms with E-state index in [1.807, 2.05) is 29.1 Å². The summed E-state index contributed by atoms with van der Waals surface area (Å²) in [7, 11) is 0.